The van der Waals surface area contributed by atoms with E-state index in [2.05, 4.69) is 34.7 Å². The maximum atomic E-state index is 13.3. The lowest BCUT2D eigenvalue weighted by molar-refractivity contribution is -0.118. The molecule has 5 rings (SSSR count). The summed E-state index contributed by atoms with van der Waals surface area (Å²) in [6.07, 6.45) is 1.20. The molecule has 8 nitrogen and oxygen atoms in total. The molecule has 0 saturated carbocycles. The smallest absolute Gasteiger partial charge is 0.248 e. The van der Waals surface area contributed by atoms with Crippen LogP contribution in [0.2, 0.25) is 10.0 Å². The van der Waals surface area contributed by atoms with E-state index in [4.69, 9.17) is 32.7 Å². The SMILES string of the molecule is CCOc1cc(C2C3=C(CC(C)(C)CC3=O)Nc3nnnn32)ccc1OCc1ccc(Cl)cc1Cl. The van der Waals surface area contributed by atoms with E-state index in [1.807, 2.05) is 31.2 Å². The van der Waals surface area contributed by atoms with Gasteiger partial charge >= 0.3 is 0 Å². The lowest BCUT2D eigenvalue weighted by atomic mass is 9.73. The van der Waals surface area contributed by atoms with E-state index in [9.17, 15) is 4.79 Å². The second-order valence-electron chi connectivity index (χ2n) is 9.47. The van der Waals surface area contributed by atoms with Gasteiger partial charge in [-0.1, -0.05) is 54.3 Å². The number of carbonyl (C=O) groups is 1. The Morgan fingerprint density at radius 2 is 1.94 bits per heavy atom. The molecule has 10 heteroatoms. The number of allylic oxidation sites excluding steroid dienone is 2. The molecule has 0 bridgehead atoms. The summed E-state index contributed by atoms with van der Waals surface area (Å²) in [5.74, 6) is 1.73. The number of Topliss-reactive ketones (excluding diaryl/α,β-unsaturated/α-hetero) is 1. The highest BCUT2D eigenvalue weighted by atomic mass is 35.5. The van der Waals surface area contributed by atoms with E-state index in [1.54, 1.807) is 16.8 Å². The zero-order valence-electron chi connectivity index (χ0n) is 19.6. The quantitative estimate of drug-likeness (QED) is 0.457. The van der Waals surface area contributed by atoms with Gasteiger partial charge in [-0.05, 0) is 59.0 Å². The van der Waals surface area contributed by atoms with Crippen LogP contribution < -0.4 is 14.8 Å². The van der Waals surface area contributed by atoms with Crippen molar-refractivity contribution >= 4 is 34.9 Å². The van der Waals surface area contributed by atoms with Crippen LogP contribution in [0.4, 0.5) is 5.95 Å². The van der Waals surface area contributed by atoms with E-state index in [0.717, 1.165) is 23.2 Å². The van der Waals surface area contributed by atoms with Crippen LogP contribution in [0, 0.1) is 5.41 Å². The molecule has 1 aliphatic carbocycles. The number of tetrazole rings is 1. The van der Waals surface area contributed by atoms with E-state index in [1.165, 1.54) is 0 Å². The van der Waals surface area contributed by atoms with E-state index in [-0.39, 0.29) is 17.8 Å². The highest BCUT2D eigenvalue weighted by Crippen LogP contribution is 2.46. The van der Waals surface area contributed by atoms with Crippen molar-refractivity contribution in [2.24, 2.45) is 5.41 Å². The standard InChI is InChI=1S/C25H25Cl2N5O3/c1-4-34-21-9-14(6-8-20(21)35-13-15-5-7-16(26)10-17(15)27)23-22-18(11-25(2,3)12-19(22)33)28-24-29-30-31-32(23)24/h5-10,23H,4,11-13H2,1-3H3,(H,28,29,31). The van der Waals surface area contributed by atoms with Crippen LogP contribution in [0.3, 0.4) is 0 Å². The van der Waals surface area contributed by atoms with Crippen LogP contribution in [0.5, 0.6) is 11.5 Å². The third-order valence-corrected chi connectivity index (χ3v) is 6.76. The van der Waals surface area contributed by atoms with Crippen LogP contribution in [-0.2, 0) is 11.4 Å². The van der Waals surface area contributed by atoms with Crippen molar-refractivity contribution < 1.29 is 14.3 Å². The summed E-state index contributed by atoms with van der Waals surface area (Å²) in [7, 11) is 0. The zero-order chi connectivity index (χ0) is 24.7. The third kappa shape index (κ3) is 4.60. The van der Waals surface area contributed by atoms with E-state index >= 15 is 0 Å². The molecule has 1 N–H and O–H groups in total. The summed E-state index contributed by atoms with van der Waals surface area (Å²) in [4.78, 5) is 13.3. The minimum Gasteiger partial charge on any atom is -0.490 e. The molecule has 1 aliphatic heterocycles. The minimum atomic E-state index is -0.459. The molecule has 0 spiro atoms. The van der Waals surface area contributed by atoms with E-state index in [0.29, 0.717) is 46.1 Å². The summed E-state index contributed by atoms with van der Waals surface area (Å²) in [6, 6.07) is 10.5. The van der Waals surface area contributed by atoms with Gasteiger partial charge in [-0.15, -0.1) is 0 Å². The molecule has 0 radical (unpaired) electrons. The summed E-state index contributed by atoms with van der Waals surface area (Å²) in [6.45, 7) is 6.79. The van der Waals surface area contributed by atoms with Gasteiger partial charge in [-0.3, -0.25) is 4.79 Å². The number of carbonyl (C=O) groups excluding carboxylic acids is 1. The number of ketones is 1. The van der Waals surface area contributed by atoms with Gasteiger partial charge in [0.25, 0.3) is 0 Å². The monoisotopic (exact) mass is 513 g/mol. The van der Waals surface area contributed by atoms with Crippen molar-refractivity contribution in [1.29, 1.82) is 0 Å². The first kappa shape index (κ1) is 23.6. The minimum absolute atomic E-state index is 0.0885. The van der Waals surface area contributed by atoms with Crippen molar-refractivity contribution in [1.82, 2.24) is 20.2 Å². The molecular formula is C25H25Cl2N5O3. The average molecular weight is 514 g/mol. The largest absolute Gasteiger partial charge is 0.490 e. The molecule has 2 aliphatic rings. The Bertz CT molecular complexity index is 1330. The van der Waals surface area contributed by atoms with Crippen LogP contribution in [0.15, 0.2) is 47.7 Å². The fourth-order valence-electron chi connectivity index (χ4n) is 4.65. The van der Waals surface area contributed by atoms with Crippen LogP contribution in [0.1, 0.15) is 50.8 Å². The Morgan fingerprint density at radius 1 is 1.11 bits per heavy atom. The summed E-state index contributed by atoms with van der Waals surface area (Å²) in [5, 5.41) is 16.5. The first-order valence-corrected chi connectivity index (χ1v) is 12.2. The van der Waals surface area contributed by atoms with E-state index < -0.39 is 6.04 Å². The molecule has 2 heterocycles. The number of ether oxygens (including phenoxy) is 2. The van der Waals surface area contributed by atoms with Crippen molar-refractivity contribution in [3.63, 3.8) is 0 Å². The Morgan fingerprint density at radius 3 is 2.71 bits per heavy atom. The highest BCUT2D eigenvalue weighted by molar-refractivity contribution is 6.35. The van der Waals surface area contributed by atoms with Crippen LogP contribution in [0.25, 0.3) is 0 Å². The molecule has 3 aromatic rings. The van der Waals surface area contributed by atoms with Gasteiger partial charge in [0.15, 0.2) is 17.3 Å². The predicted octanol–water partition coefficient (Wildman–Crippen LogP) is 5.62. The normalized spacial score (nSPS) is 18.5. The molecule has 1 atom stereocenters. The topological polar surface area (TPSA) is 91.2 Å². The van der Waals surface area contributed by atoms with Gasteiger partial charge < -0.3 is 14.8 Å². The van der Waals surface area contributed by atoms with Crippen LogP contribution >= 0.6 is 23.2 Å². The molecule has 1 unspecified atom stereocenters. The van der Waals surface area contributed by atoms with Gasteiger partial charge in [-0.2, -0.15) is 4.68 Å². The molecular weight excluding hydrogens is 489 g/mol. The average Bonchev–Trinajstić information content (AvgIpc) is 3.25. The third-order valence-electron chi connectivity index (χ3n) is 6.18. The molecule has 35 heavy (non-hydrogen) atoms. The number of hydrogen-bond acceptors (Lipinski definition) is 7. The number of anilines is 1. The maximum absolute atomic E-state index is 13.3. The zero-order valence-corrected chi connectivity index (χ0v) is 21.2. The Labute approximate surface area is 213 Å². The van der Waals surface area contributed by atoms with Gasteiger partial charge in [0.05, 0.1) is 6.61 Å². The summed E-state index contributed by atoms with van der Waals surface area (Å²) < 4.78 is 13.6. The first-order valence-electron chi connectivity index (χ1n) is 11.4. The first-order chi connectivity index (χ1) is 16.8. The van der Waals surface area contributed by atoms with Gasteiger partial charge in [0.2, 0.25) is 5.95 Å². The summed E-state index contributed by atoms with van der Waals surface area (Å²) >= 11 is 12.3. The number of rotatable bonds is 6. The second kappa shape index (κ2) is 9.17. The fraction of sp³-hybridized carbons (Fsp3) is 0.360. The number of fused-ring (bicyclic) bond motifs is 1. The fourth-order valence-corrected chi connectivity index (χ4v) is 5.12. The van der Waals surface area contributed by atoms with Crippen molar-refractivity contribution in [2.75, 3.05) is 11.9 Å². The van der Waals surface area contributed by atoms with Gasteiger partial charge in [-0.25, -0.2) is 0 Å². The Balaban J connectivity index is 1.51. The molecule has 0 saturated heterocycles. The maximum Gasteiger partial charge on any atom is 0.248 e. The number of halogens is 2. The molecule has 0 fully saturated rings. The van der Waals surface area contributed by atoms with Gasteiger partial charge in [0.1, 0.15) is 12.6 Å². The predicted molar refractivity (Wildman–Crippen MR) is 133 cm³/mol. The lowest BCUT2D eigenvalue weighted by Gasteiger charge is -2.37. The number of aromatic nitrogens is 4. The Kier molecular flexibility index (Phi) is 6.19. The van der Waals surface area contributed by atoms with Crippen molar-refractivity contribution in [3.8, 4) is 11.5 Å². The number of nitrogens with zero attached hydrogens (tertiary/aromatic N) is 4. The lowest BCUT2D eigenvalue weighted by Crippen LogP contribution is -2.36. The van der Waals surface area contributed by atoms with Crippen molar-refractivity contribution in [2.45, 2.75) is 46.3 Å². The number of benzene rings is 2. The Hall–Kier alpha value is -3.10. The number of hydrogen-bond donors (Lipinski definition) is 1. The highest BCUT2D eigenvalue weighted by Gasteiger charge is 2.42. The molecule has 1 aromatic heterocycles. The van der Waals surface area contributed by atoms with Gasteiger partial charge in [0, 0.05) is 33.3 Å². The molecule has 0 amide bonds. The molecule has 182 valence electrons. The molecule has 2 aromatic carbocycles. The number of nitrogens with one attached hydrogen (secondary N) is 1. The van der Waals surface area contributed by atoms with Crippen molar-refractivity contribution in [3.05, 3.63) is 68.8 Å². The summed E-state index contributed by atoms with van der Waals surface area (Å²) in [5.41, 5.74) is 3.06. The van der Waals surface area contributed by atoms with Crippen LogP contribution in [-0.4, -0.2) is 32.6 Å². The second-order valence-corrected chi connectivity index (χ2v) is 10.3.